The van der Waals surface area contributed by atoms with Crippen molar-refractivity contribution in [1.82, 2.24) is 14.6 Å². The number of rotatable bonds is 8. The number of fused-ring (bicyclic) bond motifs is 3. The number of benzene rings is 4. The van der Waals surface area contributed by atoms with Gasteiger partial charge >= 0.3 is 5.97 Å². The number of hydrogen-bond acceptors (Lipinski definition) is 8. The van der Waals surface area contributed by atoms with Gasteiger partial charge < -0.3 is 14.6 Å². The number of nitrogens with zero attached hydrogens (tertiary/aromatic N) is 4. The molecule has 44 heavy (non-hydrogen) atoms. The second-order valence-corrected chi connectivity index (χ2v) is 11.3. The van der Waals surface area contributed by atoms with Gasteiger partial charge in [0.25, 0.3) is 0 Å². The van der Waals surface area contributed by atoms with Crippen molar-refractivity contribution in [2.24, 2.45) is 4.99 Å². The van der Waals surface area contributed by atoms with Gasteiger partial charge in [-0.1, -0.05) is 90.6 Å². The minimum atomic E-state index is -0.858. The molecule has 4 aromatic carbocycles. The lowest BCUT2D eigenvalue weighted by Crippen LogP contribution is -2.22. The molecule has 0 fully saturated rings. The summed E-state index contributed by atoms with van der Waals surface area (Å²) in [6, 6.07) is 33.2. The number of pyridine rings is 1. The molecular formula is C35H26N4O4S. The van der Waals surface area contributed by atoms with E-state index in [1.807, 2.05) is 109 Å². The standard InChI is InChI=1S/C35H26N4O4S/c1-42-29-15-9-8-14-27(29)32(31-34(41)43-33(37-31)23-12-6-3-7-13-23)44-35-36-30-20-24(17-16-22-10-4-2-5-11-22)26-19-18-25(40)21-28(26)39(30)38-35/h2-21,31-32,40H,1H3/b17-16+. The van der Waals surface area contributed by atoms with E-state index in [-0.39, 0.29) is 11.6 Å². The number of thioether (sulfide) groups is 1. The normalized spacial score (nSPS) is 15.5. The zero-order valence-electron chi connectivity index (χ0n) is 23.6. The molecule has 2 atom stereocenters. The Morgan fingerprint density at radius 3 is 2.48 bits per heavy atom. The maximum absolute atomic E-state index is 13.3. The van der Waals surface area contributed by atoms with Gasteiger partial charge in [0.1, 0.15) is 11.5 Å². The molecule has 3 heterocycles. The Labute approximate surface area is 257 Å². The largest absolute Gasteiger partial charge is 0.508 e. The van der Waals surface area contributed by atoms with Crippen LogP contribution >= 0.6 is 11.8 Å². The number of ether oxygens (including phenoxy) is 2. The minimum absolute atomic E-state index is 0.121. The maximum Gasteiger partial charge on any atom is 0.339 e. The molecule has 1 N–H and O–H groups in total. The Balaban J connectivity index is 1.32. The van der Waals surface area contributed by atoms with Crippen LogP contribution in [-0.2, 0) is 9.53 Å². The lowest BCUT2D eigenvalue weighted by Gasteiger charge is -2.20. The molecule has 0 bridgehead atoms. The fourth-order valence-corrected chi connectivity index (χ4v) is 6.37. The van der Waals surface area contributed by atoms with E-state index in [1.165, 1.54) is 11.8 Å². The molecule has 2 unspecified atom stereocenters. The summed E-state index contributed by atoms with van der Waals surface area (Å²) in [5.74, 6) is 0.560. The lowest BCUT2D eigenvalue weighted by molar-refractivity contribution is -0.134. The van der Waals surface area contributed by atoms with E-state index >= 15 is 0 Å². The summed E-state index contributed by atoms with van der Waals surface area (Å²) in [5.41, 5.74) is 4.79. The zero-order chi connectivity index (χ0) is 30.0. The highest BCUT2D eigenvalue weighted by molar-refractivity contribution is 7.99. The van der Waals surface area contributed by atoms with Gasteiger partial charge in [0.2, 0.25) is 11.1 Å². The number of para-hydroxylation sites is 1. The van der Waals surface area contributed by atoms with E-state index < -0.39 is 17.3 Å². The van der Waals surface area contributed by atoms with Gasteiger partial charge in [0, 0.05) is 22.6 Å². The van der Waals surface area contributed by atoms with Crippen LogP contribution in [0.15, 0.2) is 119 Å². The van der Waals surface area contributed by atoms with E-state index in [0.29, 0.717) is 22.1 Å². The molecule has 8 nitrogen and oxygen atoms in total. The average molecular weight is 599 g/mol. The van der Waals surface area contributed by atoms with E-state index in [2.05, 4.69) is 0 Å². The number of phenolic OH excluding ortho intramolecular Hbond substituents is 1. The van der Waals surface area contributed by atoms with Crippen LogP contribution in [0.4, 0.5) is 0 Å². The van der Waals surface area contributed by atoms with Crippen LogP contribution in [-0.4, -0.2) is 44.7 Å². The van der Waals surface area contributed by atoms with Gasteiger partial charge in [-0.05, 0) is 47.5 Å². The van der Waals surface area contributed by atoms with Crippen LogP contribution in [0, 0.1) is 0 Å². The van der Waals surface area contributed by atoms with Crippen molar-refractivity contribution in [3.05, 3.63) is 131 Å². The third-order valence-electron chi connectivity index (χ3n) is 7.35. The van der Waals surface area contributed by atoms with Gasteiger partial charge in [-0.2, -0.15) is 0 Å². The first kappa shape index (κ1) is 27.4. The Bertz CT molecular complexity index is 2060. The van der Waals surface area contributed by atoms with Gasteiger partial charge in [0.15, 0.2) is 11.7 Å². The molecule has 0 saturated carbocycles. The highest BCUT2D eigenvalue weighted by Gasteiger charge is 2.40. The summed E-state index contributed by atoms with van der Waals surface area (Å²) in [4.78, 5) is 22.9. The number of aliphatic imine (C=N–C) groups is 1. The Hall–Kier alpha value is -5.41. The topological polar surface area (TPSA) is 98.3 Å². The number of cyclic esters (lactones) is 1. The molecule has 0 aliphatic carbocycles. The van der Waals surface area contributed by atoms with Crippen molar-refractivity contribution in [3.8, 4) is 11.5 Å². The molecule has 216 valence electrons. The van der Waals surface area contributed by atoms with Crippen LogP contribution < -0.4 is 4.74 Å². The monoisotopic (exact) mass is 598 g/mol. The second-order valence-electron chi connectivity index (χ2n) is 10.2. The number of hydrogen-bond donors (Lipinski definition) is 1. The van der Waals surface area contributed by atoms with Crippen molar-refractivity contribution in [1.29, 1.82) is 0 Å². The molecule has 0 amide bonds. The van der Waals surface area contributed by atoms with Crippen LogP contribution in [0.3, 0.4) is 0 Å². The summed E-state index contributed by atoms with van der Waals surface area (Å²) in [5, 5.41) is 16.0. The van der Waals surface area contributed by atoms with Crippen molar-refractivity contribution in [2.75, 3.05) is 7.11 Å². The molecule has 7 rings (SSSR count). The number of carbonyl (C=O) groups excluding carboxylic acids is 1. The van der Waals surface area contributed by atoms with Gasteiger partial charge in [-0.25, -0.2) is 19.3 Å². The number of esters is 1. The molecule has 1 aliphatic rings. The summed E-state index contributed by atoms with van der Waals surface area (Å²) in [6.07, 6.45) is 4.07. The molecule has 9 heteroatoms. The summed E-state index contributed by atoms with van der Waals surface area (Å²) >= 11 is 1.31. The Kier molecular flexibility index (Phi) is 7.29. The molecule has 2 aromatic heterocycles. The molecule has 0 saturated heterocycles. The molecular weight excluding hydrogens is 572 g/mol. The number of carbonyl (C=O) groups is 1. The van der Waals surface area contributed by atoms with Gasteiger partial charge in [-0.3, -0.25) is 0 Å². The Morgan fingerprint density at radius 2 is 1.68 bits per heavy atom. The van der Waals surface area contributed by atoms with E-state index in [4.69, 9.17) is 24.5 Å². The van der Waals surface area contributed by atoms with Crippen LogP contribution in [0.2, 0.25) is 0 Å². The predicted octanol–water partition coefficient (Wildman–Crippen LogP) is 6.97. The van der Waals surface area contributed by atoms with Crippen LogP contribution in [0.1, 0.15) is 27.5 Å². The van der Waals surface area contributed by atoms with Crippen molar-refractivity contribution in [2.45, 2.75) is 16.4 Å². The van der Waals surface area contributed by atoms with Crippen molar-refractivity contribution < 1.29 is 19.4 Å². The average Bonchev–Trinajstić information content (AvgIpc) is 3.66. The smallest absolute Gasteiger partial charge is 0.339 e. The predicted molar refractivity (Wildman–Crippen MR) is 172 cm³/mol. The Morgan fingerprint density at radius 1 is 0.932 bits per heavy atom. The van der Waals surface area contributed by atoms with Crippen LogP contribution in [0.5, 0.6) is 11.5 Å². The molecule has 6 aromatic rings. The fourth-order valence-electron chi connectivity index (χ4n) is 5.25. The van der Waals surface area contributed by atoms with Gasteiger partial charge in [0.05, 0.1) is 17.9 Å². The van der Waals surface area contributed by atoms with Crippen molar-refractivity contribution >= 4 is 52.3 Å². The first-order chi connectivity index (χ1) is 21.6. The number of phenols is 1. The van der Waals surface area contributed by atoms with Crippen molar-refractivity contribution in [3.63, 3.8) is 0 Å². The maximum atomic E-state index is 13.3. The van der Waals surface area contributed by atoms with E-state index in [9.17, 15) is 9.90 Å². The molecule has 0 spiro atoms. The number of aromatic hydroxyl groups is 1. The summed E-state index contributed by atoms with van der Waals surface area (Å²) in [7, 11) is 1.60. The SMILES string of the molecule is COc1ccccc1C(Sc1nc2cc(/C=C/c3ccccc3)c3ccc(O)cc3n2n1)C1N=C(c2ccccc2)OC1=O. The van der Waals surface area contributed by atoms with Crippen LogP contribution in [0.25, 0.3) is 28.7 Å². The van der Waals surface area contributed by atoms with E-state index in [0.717, 1.165) is 27.6 Å². The summed E-state index contributed by atoms with van der Waals surface area (Å²) < 4.78 is 13.1. The first-order valence-electron chi connectivity index (χ1n) is 14.0. The molecule has 1 aliphatic heterocycles. The third-order valence-corrected chi connectivity index (χ3v) is 8.50. The second kappa shape index (κ2) is 11.7. The lowest BCUT2D eigenvalue weighted by atomic mass is 10.0. The highest BCUT2D eigenvalue weighted by Crippen LogP contribution is 2.44. The number of methoxy groups -OCH3 is 1. The zero-order valence-corrected chi connectivity index (χ0v) is 24.4. The third kappa shape index (κ3) is 5.29. The highest BCUT2D eigenvalue weighted by atomic mass is 32.2. The molecule has 0 radical (unpaired) electrons. The van der Waals surface area contributed by atoms with E-state index in [1.54, 1.807) is 23.8 Å². The first-order valence-corrected chi connectivity index (χ1v) is 14.9. The fraction of sp³-hybridized carbons (Fsp3) is 0.0857. The quantitative estimate of drug-likeness (QED) is 0.149. The number of aromatic nitrogens is 3. The minimum Gasteiger partial charge on any atom is -0.508 e. The van der Waals surface area contributed by atoms with Gasteiger partial charge in [-0.15, -0.1) is 5.10 Å². The summed E-state index contributed by atoms with van der Waals surface area (Å²) in [6.45, 7) is 0.